The molecule has 1 aromatic heterocycles. The summed E-state index contributed by atoms with van der Waals surface area (Å²) in [5.74, 6) is -2.51. The van der Waals surface area contributed by atoms with Gasteiger partial charge in [-0.05, 0) is 31.0 Å². The molecular weight excluding hydrogens is 320 g/mol. The predicted octanol–water partition coefficient (Wildman–Crippen LogP) is 3.00. The van der Waals surface area contributed by atoms with Crippen LogP contribution in [0.15, 0.2) is 53.5 Å². The minimum absolute atomic E-state index is 0.558. The number of benzene rings is 1. The number of aryl methyl sites for hydroxylation is 1. The van der Waals surface area contributed by atoms with E-state index in [4.69, 9.17) is 10.2 Å². The summed E-state index contributed by atoms with van der Waals surface area (Å²) in [7, 11) is 0. The molecule has 2 aromatic rings. The van der Waals surface area contributed by atoms with E-state index >= 15 is 0 Å². The highest BCUT2D eigenvalue weighted by Gasteiger charge is 2.17. The molecule has 1 aliphatic heterocycles. The lowest BCUT2D eigenvalue weighted by atomic mass is 10.1. The number of fused-ring (bicyclic) bond motifs is 1. The molecule has 1 aromatic carbocycles. The summed E-state index contributed by atoms with van der Waals surface area (Å²) >= 11 is 0. The van der Waals surface area contributed by atoms with E-state index in [2.05, 4.69) is 59.8 Å². The van der Waals surface area contributed by atoms with Crippen LogP contribution < -0.4 is 0 Å². The van der Waals surface area contributed by atoms with Gasteiger partial charge in [0, 0.05) is 18.7 Å². The van der Waals surface area contributed by atoms with Crippen molar-refractivity contribution in [3.63, 3.8) is 0 Å². The highest BCUT2D eigenvalue weighted by Crippen LogP contribution is 2.28. The Bertz CT molecular complexity index is 817. The molecule has 2 heterocycles. The first-order valence-corrected chi connectivity index (χ1v) is 7.81. The Morgan fingerprint density at radius 3 is 2.24 bits per heavy atom. The molecule has 0 atom stereocenters. The fourth-order valence-corrected chi connectivity index (χ4v) is 2.74. The molecule has 0 unspecified atom stereocenters. The van der Waals surface area contributed by atoms with Crippen molar-refractivity contribution < 1.29 is 19.8 Å². The van der Waals surface area contributed by atoms with Crippen molar-refractivity contribution in [1.82, 2.24) is 4.57 Å². The van der Waals surface area contributed by atoms with Crippen LogP contribution >= 0.6 is 0 Å². The Labute approximate surface area is 145 Å². The molecule has 0 bridgehead atoms. The maximum absolute atomic E-state index is 9.55. The van der Waals surface area contributed by atoms with Crippen LogP contribution in [0.25, 0.3) is 11.3 Å². The molecule has 0 aliphatic carbocycles. The van der Waals surface area contributed by atoms with Crippen molar-refractivity contribution in [2.24, 2.45) is 4.99 Å². The van der Waals surface area contributed by atoms with Gasteiger partial charge in [0.25, 0.3) is 0 Å². The van der Waals surface area contributed by atoms with Gasteiger partial charge < -0.3 is 14.8 Å². The number of nitrogens with zero attached hydrogens (tertiary/aromatic N) is 2. The number of aliphatic carboxylic acids is 2. The highest BCUT2D eigenvalue weighted by atomic mass is 16.4. The van der Waals surface area contributed by atoms with Gasteiger partial charge in [0.2, 0.25) is 0 Å². The van der Waals surface area contributed by atoms with Gasteiger partial charge in [-0.3, -0.25) is 4.99 Å². The Balaban J connectivity index is 0.000000242. The van der Waals surface area contributed by atoms with E-state index in [0.29, 0.717) is 12.2 Å². The molecule has 0 amide bonds. The monoisotopic (exact) mass is 340 g/mol. The number of carboxylic acid groups (broad SMARTS) is 2. The summed E-state index contributed by atoms with van der Waals surface area (Å²) in [6.45, 7) is 6.16. The molecule has 25 heavy (non-hydrogen) atoms. The van der Waals surface area contributed by atoms with E-state index in [1.807, 2.05) is 0 Å². The van der Waals surface area contributed by atoms with Gasteiger partial charge in [-0.25, -0.2) is 9.59 Å². The number of carboxylic acids is 2. The van der Waals surface area contributed by atoms with Crippen molar-refractivity contribution >= 4 is 17.7 Å². The zero-order valence-electron chi connectivity index (χ0n) is 14.1. The quantitative estimate of drug-likeness (QED) is 0.840. The smallest absolute Gasteiger partial charge is 0.328 e. The average Bonchev–Trinajstić information content (AvgIpc) is 2.92. The molecule has 3 rings (SSSR count). The molecule has 2 N–H and O–H groups in total. The first kappa shape index (κ1) is 18.2. The fourth-order valence-electron chi connectivity index (χ4n) is 2.74. The second kappa shape index (κ2) is 8.10. The molecule has 0 saturated carbocycles. The van der Waals surface area contributed by atoms with Crippen molar-refractivity contribution in [2.75, 3.05) is 6.54 Å². The second-order valence-electron chi connectivity index (χ2n) is 5.56. The first-order valence-electron chi connectivity index (χ1n) is 7.81. The number of carbonyl (C=O) groups is 2. The maximum atomic E-state index is 9.55. The van der Waals surface area contributed by atoms with E-state index in [-0.39, 0.29) is 0 Å². The lowest BCUT2D eigenvalue weighted by Crippen LogP contribution is -2.16. The van der Waals surface area contributed by atoms with Crippen LogP contribution in [0.2, 0.25) is 0 Å². The third-order valence-electron chi connectivity index (χ3n) is 3.75. The number of hydrogen-bond donors (Lipinski definition) is 2. The molecule has 0 fully saturated rings. The highest BCUT2D eigenvalue weighted by molar-refractivity contribution is 5.99. The number of aromatic nitrogens is 1. The minimum Gasteiger partial charge on any atom is -0.478 e. The van der Waals surface area contributed by atoms with Crippen molar-refractivity contribution in [2.45, 2.75) is 20.4 Å². The zero-order chi connectivity index (χ0) is 18.4. The molecule has 1 aliphatic rings. The van der Waals surface area contributed by atoms with Crippen LogP contribution in [-0.4, -0.2) is 39.0 Å². The predicted molar refractivity (Wildman–Crippen MR) is 96.1 cm³/mol. The van der Waals surface area contributed by atoms with Crippen LogP contribution in [0.4, 0.5) is 0 Å². The van der Waals surface area contributed by atoms with Crippen LogP contribution in [-0.2, 0) is 16.1 Å². The topological polar surface area (TPSA) is 91.9 Å². The van der Waals surface area contributed by atoms with Gasteiger partial charge in [-0.15, -0.1) is 0 Å². The standard InChI is InChI=1S/C15H16N2.C4H4O4/c1-11-10-14-12(2)16-8-9-17(14)15(11)13-6-4-3-5-7-13;5-3(6)1-2-4(7)8/h3-7,10H,8-9H2,1-2H3;1-2H,(H,5,6)(H,7,8)/b;2-1+. The lowest BCUT2D eigenvalue weighted by Gasteiger charge is -2.17. The molecule has 0 radical (unpaired) electrons. The van der Waals surface area contributed by atoms with Crippen molar-refractivity contribution in [3.05, 3.63) is 59.8 Å². The SMILES string of the molecule is CC1=NCCn2c1cc(C)c2-c1ccccc1.O=C(O)/C=C/C(=O)O. The Morgan fingerprint density at radius 1 is 1.08 bits per heavy atom. The zero-order valence-corrected chi connectivity index (χ0v) is 14.1. The summed E-state index contributed by atoms with van der Waals surface area (Å²) in [6, 6.07) is 12.9. The van der Waals surface area contributed by atoms with Gasteiger partial charge in [-0.2, -0.15) is 0 Å². The Morgan fingerprint density at radius 2 is 1.68 bits per heavy atom. The van der Waals surface area contributed by atoms with E-state index in [1.165, 1.54) is 22.5 Å². The summed E-state index contributed by atoms with van der Waals surface area (Å²) < 4.78 is 2.40. The molecular formula is C19H20N2O4. The van der Waals surface area contributed by atoms with Crippen LogP contribution in [0.3, 0.4) is 0 Å². The molecule has 6 heteroatoms. The summed E-state index contributed by atoms with van der Waals surface area (Å²) in [5.41, 5.74) is 6.40. The summed E-state index contributed by atoms with van der Waals surface area (Å²) in [6.07, 6.45) is 1.12. The number of hydrogen-bond acceptors (Lipinski definition) is 3. The van der Waals surface area contributed by atoms with Crippen molar-refractivity contribution in [1.29, 1.82) is 0 Å². The van der Waals surface area contributed by atoms with E-state index in [1.54, 1.807) is 0 Å². The molecule has 0 saturated heterocycles. The van der Waals surface area contributed by atoms with E-state index in [0.717, 1.165) is 18.8 Å². The van der Waals surface area contributed by atoms with Gasteiger partial charge in [0.15, 0.2) is 0 Å². The van der Waals surface area contributed by atoms with Gasteiger partial charge in [-0.1, -0.05) is 30.3 Å². The third kappa shape index (κ3) is 4.67. The third-order valence-corrected chi connectivity index (χ3v) is 3.75. The van der Waals surface area contributed by atoms with Crippen LogP contribution in [0.1, 0.15) is 18.2 Å². The van der Waals surface area contributed by atoms with Gasteiger partial charge in [0.05, 0.1) is 23.6 Å². The van der Waals surface area contributed by atoms with E-state index < -0.39 is 11.9 Å². The number of rotatable bonds is 3. The second-order valence-corrected chi connectivity index (χ2v) is 5.56. The Kier molecular flexibility index (Phi) is 5.89. The summed E-state index contributed by atoms with van der Waals surface area (Å²) in [5, 5.41) is 15.6. The minimum atomic E-state index is -1.26. The van der Waals surface area contributed by atoms with Crippen LogP contribution in [0, 0.1) is 6.92 Å². The largest absolute Gasteiger partial charge is 0.478 e. The lowest BCUT2D eigenvalue weighted by molar-refractivity contribution is -0.134. The maximum Gasteiger partial charge on any atom is 0.328 e. The van der Waals surface area contributed by atoms with Crippen LogP contribution in [0.5, 0.6) is 0 Å². The fraction of sp³-hybridized carbons (Fsp3) is 0.211. The number of aliphatic imine (C=N–C) groups is 1. The normalized spacial score (nSPS) is 12.8. The molecule has 6 nitrogen and oxygen atoms in total. The molecule has 0 spiro atoms. The average molecular weight is 340 g/mol. The molecule has 130 valence electrons. The van der Waals surface area contributed by atoms with Gasteiger partial charge in [0.1, 0.15) is 0 Å². The van der Waals surface area contributed by atoms with E-state index in [9.17, 15) is 9.59 Å². The van der Waals surface area contributed by atoms with Crippen molar-refractivity contribution in [3.8, 4) is 11.3 Å². The first-order chi connectivity index (χ1) is 11.9. The Hall–Kier alpha value is -3.15. The summed E-state index contributed by atoms with van der Waals surface area (Å²) in [4.78, 5) is 23.6. The van der Waals surface area contributed by atoms with Gasteiger partial charge >= 0.3 is 11.9 Å².